The van der Waals surface area contributed by atoms with Crippen LogP contribution in [-0.2, 0) is 0 Å². The number of rotatable bonds is 4. The number of pyridine rings is 1. The van der Waals surface area contributed by atoms with Gasteiger partial charge in [-0.1, -0.05) is 29.5 Å². The molecular weight excluding hydrogens is 316 g/mol. The second-order valence-electron chi connectivity index (χ2n) is 4.68. The molecule has 0 radical (unpaired) electrons. The fourth-order valence-corrected chi connectivity index (χ4v) is 2.88. The van der Waals surface area contributed by atoms with E-state index in [1.165, 1.54) is 12.1 Å². The van der Waals surface area contributed by atoms with Gasteiger partial charge in [-0.05, 0) is 30.4 Å². The minimum atomic E-state index is -1.02. The van der Waals surface area contributed by atoms with E-state index < -0.39 is 10.9 Å². The van der Waals surface area contributed by atoms with Crippen molar-refractivity contribution < 1.29 is 14.8 Å². The molecule has 6 nitrogen and oxygen atoms in total. The Labute approximate surface area is 134 Å². The molecule has 2 heterocycles. The van der Waals surface area contributed by atoms with Crippen molar-refractivity contribution >= 4 is 45.4 Å². The van der Waals surface area contributed by atoms with Crippen LogP contribution in [-0.4, -0.2) is 21.0 Å². The highest BCUT2D eigenvalue weighted by atomic mass is 32.1. The Balaban J connectivity index is 2.00. The van der Waals surface area contributed by atoms with Crippen molar-refractivity contribution in [3.05, 3.63) is 68.7 Å². The maximum Gasteiger partial charge on any atom is 0.336 e. The number of hydrogen-bond acceptors (Lipinski definition) is 5. The second kappa shape index (κ2) is 5.98. The Hall–Kier alpha value is -3.06. The first kappa shape index (κ1) is 14.9. The zero-order valence-electron chi connectivity index (χ0n) is 11.7. The molecule has 7 heteroatoms. The lowest BCUT2D eigenvalue weighted by atomic mass is 10.1. The standard InChI is InChI=1S/C16H10N2O4S/c19-16(20)13-9-10(17-14-4-2-1-3-12(13)14)5-6-11-7-8-15(23-11)18(21)22/h1-9H,(H,19,20)/b6-5-. The van der Waals surface area contributed by atoms with Crippen LogP contribution in [0.2, 0.25) is 0 Å². The van der Waals surface area contributed by atoms with Gasteiger partial charge >= 0.3 is 11.0 Å². The van der Waals surface area contributed by atoms with Crippen LogP contribution < -0.4 is 0 Å². The molecule has 0 spiro atoms. The van der Waals surface area contributed by atoms with Gasteiger partial charge in [0.2, 0.25) is 0 Å². The lowest BCUT2D eigenvalue weighted by Gasteiger charge is -2.03. The normalized spacial score (nSPS) is 11.1. The summed E-state index contributed by atoms with van der Waals surface area (Å²) in [5.41, 5.74) is 1.24. The van der Waals surface area contributed by atoms with E-state index in [0.717, 1.165) is 11.3 Å². The predicted octanol–water partition coefficient (Wildman–Crippen LogP) is 4.07. The molecule has 0 bridgehead atoms. The number of carboxylic acids is 1. The van der Waals surface area contributed by atoms with Crippen molar-refractivity contribution in [2.75, 3.05) is 0 Å². The number of aromatic carboxylic acids is 1. The lowest BCUT2D eigenvalue weighted by molar-refractivity contribution is -0.380. The number of nitro groups is 1. The minimum absolute atomic E-state index is 0.0577. The van der Waals surface area contributed by atoms with Gasteiger partial charge in [0.05, 0.1) is 21.7 Å². The number of aromatic nitrogens is 1. The first-order valence-electron chi connectivity index (χ1n) is 6.60. The summed E-state index contributed by atoms with van der Waals surface area (Å²) in [5.74, 6) is -1.02. The minimum Gasteiger partial charge on any atom is -0.478 e. The summed E-state index contributed by atoms with van der Waals surface area (Å²) in [5, 5.41) is 20.6. The molecule has 0 saturated carbocycles. The fraction of sp³-hybridized carbons (Fsp3) is 0. The van der Waals surface area contributed by atoms with Crippen LogP contribution >= 0.6 is 11.3 Å². The highest BCUT2D eigenvalue weighted by Crippen LogP contribution is 2.26. The van der Waals surface area contributed by atoms with Crippen molar-refractivity contribution in [1.29, 1.82) is 0 Å². The van der Waals surface area contributed by atoms with E-state index in [4.69, 9.17) is 0 Å². The third kappa shape index (κ3) is 3.09. The van der Waals surface area contributed by atoms with E-state index in [1.807, 2.05) is 0 Å². The molecule has 3 rings (SSSR count). The van der Waals surface area contributed by atoms with E-state index in [2.05, 4.69) is 4.98 Å². The van der Waals surface area contributed by atoms with E-state index in [1.54, 1.807) is 42.5 Å². The van der Waals surface area contributed by atoms with E-state index >= 15 is 0 Å². The van der Waals surface area contributed by atoms with Crippen LogP contribution in [0.25, 0.3) is 23.1 Å². The van der Waals surface area contributed by atoms with Crippen LogP contribution in [0.15, 0.2) is 42.5 Å². The number of thiophene rings is 1. The predicted molar refractivity (Wildman–Crippen MR) is 88.6 cm³/mol. The summed E-state index contributed by atoms with van der Waals surface area (Å²) in [4.78, 5) is 26.7. The number of hydrogen-bond donors (Lipinski definition) is 1. The number of carbonyl (C=O) groups is 1. The second-order valence-corrected chi connectivity index (χ2v) is 5.78. The smallest absolute Gasteiger partial charge is 0.336 e. The summed E-state index contributed by atoms with van der Waals surface area (Å²) >= 11 is 1.04. The molecule has 1 N–H and O–H groups in total. The fourth-order valence-electron chi connectivity index (χ4n) is 2.16. The van der Waals surface area contributed by atoms with Gasteiger partial charge in [-0.25, -0.2) is 9.78 Å². The quantitative estimate of drug-likeness (QED) is 0.576. The highest BCUT2D eigenvalue weighted by molar-refractivity contribution is 7.16. The third-order valence-corrected chi connectivity index (χ3v) is 4.18. The Bertz CT molecular complexity index is 946. The van der Waals surface area contributed by atoms with Crippen molar-refractivity contribution in [3.63, 3.8) is 0 Å². The molecule has 0 aliphatic rings. The number of para-hydroxylation sites is 1. The van der Waals surface area contributed by atoms with Crippen LogP contribution in [0.3, 0.4) is 0 Å². The Morgan fingerprint density at radius 1 is 1.22 bits per heavy atom. The molecule has 0 saturated heterocycles. The van der Waals surface area contributed by atoms with E-state index in [-0.39, 0.29) is 10.6 Å². The molecule has 23 heavy (non-hydrogen) atoms. The SMILES string of the molecule is O=C(O)c1cc(/C=C\c2ccc([N+](=O)[O-])s2)nc2ccccc12. The molecule has 2 aromatic heterocycles. The van der Waals surface area contributed by atoms with E-state index in [0.29, 0.717) is 21.5 Å². The first-order valence-corrected chi connectivity index (χ1v) is 7.41. The molecular formula is C16H10N2O4S. The molecule has 0 aliphatic heterocycles. The number of benzene rings is 1. The van der Waals surface area contributed by atoms with Gasteiger partial charge < -0.3 is 5.11 Å². The zero-order valence-corrected chi connectivity index (χ0v) is 12.5. The van der Waals surface area contributed by atoms with Crippen LogP contribution in [0.5, 0.6) is 0 Å². The average Bonchev–Trinajstić information content (AvgIpc) is 3.01. The van der Waals surface area contributed by atoms with Gasteiger partial charge in [-0.2, -0.15) is 0 Å². The van der Waals surface area contributed by atoms with Crippen molar-refractivity contribution in [2.24, 2.45) is 0 Å². The summed E-state index contributed by atoms with van der Waals surface area (Å²) in [6.45, 7) is 0. The number of fused-ring (bicyclic) bond motifs is 1. The summed E-state index contributed by atoms with van der Waals surface area (Å²) in [7, 11) is 0. The van der Waals surface area contributed by atoms with Gasteiger partial charge in [0.1, 0.15) is 0 Å². The van der Waals surface area contributed by atoms with Crippen molar-refractivity contribution in [2.45, 2.75) is 0 Å². The van der Waals surface area contributed by atoms with Crippen molar-refractivity contribution in [3.8, 4) is 0 Å². The first-order chi connectivity index (χ1) is 11.0. The summed E-state index contributed by atoms with van der Waals surface area (Å²) < 4.78 is 0. The van der Waals surface area contributed by atoms with Gasteiger partial charge in [-0.3, -0.25) is 10.1 Å². The van der Waals surface area contributed by atoms with Crippen molar-refractivity contribution in [1.82, 2.24) is 4.98 Å². The van der Waals surface area contributed by atoms with Crippen LogP contribution in [0.4, 0.5) is 5.00 Å². The highest BCUT2D eigenvalue weighted by Gasteiger charge is 2.11. The maximum atomic E-state index is 11.4. The molecule has 1 aromatic carbocycles. The molecule has 0 fully saturated rings. The molecule has 0 amide bonds. The topological polar surface area (TPSA) is 93.3 Å². The Morgan fingerprint density at radius 2 is 2.00 bits per heavy atom. The molecule has 3 aromatic rings. The average molecular weight is 326 g/mol. The van der Waals surface area contributed by atoms with Gasteiger partial charge in [0.15, 0.2) is 0 Å². The van der Waals surface area contributed by atoms with Crippen LogP contribution in [0.1, 0.15) is 20.9 Å². The monoisotopic (exact) mass is 326 g/mol. The summed E-state index contributed by atoms with van der Waals surface area (Å²) in [6, 6.07) is 11.6. The van der Waals surface area contributed by atoms with E-state index in [9.17, 15) is 20.0 Å². The Morgan fingerprint density at radius 3 is 2.70 bits per heavy atom. The largest absolute Gasteiger partial charge is 0.478 e. The molecule has 0 unspecified atom stereocenters. The van der Waals surface area contributed by atoms with Gasteiger partial charge in [0, 0.05) is 16.3 Å². The number of nitrogens with zero attached hydrogens (tertiary/aromatic N) is 2. The van der Waals surface area contributed by atoms with Gasteiger partial charge in [0.25, 0.3) is 0 Å². The summed E-state index contributed by atoms with van der Waals surface area (Å²) in [6.07, 6.45) is 3.33. The molecule has 0 atom stereocenters. The Kier molecular flexibility index (Phi) is 3.86. The third-order valence-electron chi connectivity index (χ3n) is 3.18. The molecule has 114 valence electrons. The zero-order chi connectivity index (χ0) is 16.4. The lowest BCUT2D eigenvalue weighted by Crippen LogP contribution is -1.99. The molecule has 0 aliphatic carbocycles. The number of carboxylic acid groups (broad SMARTS) is 1. The van der Waals surface area contributed by atoms with Gasteiger partial charge in [-0.15, -0.1) is 0 Å². The maximum absolute atomic E-state index is 11.4. The van der Waals surface area contributed by atoms with Crippen LogP contribution in [0, 0.1) is 10.1 Å².